The van der Waals surface area contributed by atoms with Gasteiger partial charge >= 0.3 is 11.9 Å². The third-order valence-electron chi connectivity index (χ3n) is 3.63. The number of hydrogen-bond acceptors (Lipinski definition) is 6. The van der Waals surface area contributed by atoms with Gasteiger partial charge in [0.05, 0.1) is 13.2 Å². The number of hydrazone groups is 1. The summed E-state index contributed by atoms with van der Waals surface area (Å²) in [5.41, 5.74) is 2.45. The molecule has 7 heteroatoms. The third kappa shape index (κ3) is 3.43. The van der Waals surface area contributed by atoms with Gasteiger partial charge in [-0.15, -0.1) is 0 Å². The summed E-state index contributed by atoms with van der Waals surface area (Å²) in [6.45, 7) is 7.69. The zero-order chi connectivity index (χ0) is 17.7. The highest BCUT2D eigenvalue weighted by Gasteiger charge is 2.50. The van der Waals surface area contributed by atoms with Crippen LogP contribution in [0.4, 0.5) is 0 Å². The predicted molar refractivity (Wildman–Crippen MR) is 90.9 cm³/mol. The second kappa shape index (κ2) is 7.49. The first-order valence-electron chi connectivity index (χ1n) is 7.58. The molecular formula is C17H19ClN2O4. The van der Waals surface area contributed by atoms with Crippen molar-refractivity contribution >= 4 is 29.3 Å². The fourth-order valence-electron chi connectivity index (χ4n) is 2.41. The van der Waals surface area contributed by atoms with Crippen molar-refractivity contribution in [2.75, 3.05) is 13.2 Å². The third-order valence-corrected chi connectivity index (χ3v) is 3.89. The molecule has 0 fully saturated rings. The van der Waals surface area contributed by atoms with Crippen molar-refractivity contribution in [2.24, 2.45) is 5.10 Å². The molecule has 0 amide bonds. The first-order chi connectivity index (χ1) is 11.4. The van der Waals surface area contributed by atoms with E-state index in [1.165, 1.54) is 0 Å². The van der Waals surface area contributed by atoms with Gasteiger partial charge in [-0.25, -0.2) is 9.59 Å². The Hall–Kier alpha value is -2.34. The molecule has 2 rings (SSSR count). The minimum absolute atomic E-state index is 0.00105. The molecule has 0 spiro atoms. The Bertz CT molecular complexity index is 684. The van der Waals surface area contributed by atoms with Gasteiger partial charge in [0, 0.05) is 17.0 Å². The molecule has 24 heavy (non-hydrogen) atoms. The molecule has 1 N–H and O–H groups in total. The van der Waals surface area contributed by atoms with Crippen LogP contribution < -0.4 is 5.43 Å². The maximum atomic E-state index is 12.6. The Morgan fingerprint density at radius 3 is 2.42 bits per heavy atom. The normalized spacial score (nSPS) is 19.5. The number of ether oxygens (including phenoxy) is 2. The van der Waals surface area contributed by atoms with E-state index in [9.17, 15) is 9.59 Å². The summed E-state index contributed by atoms with van der Waals surface area (Å²) in [6, 6.07) is 7.03. The lowest BCUT2D eigenvalue weighted by atomic mass is 9.83. The van der Waals surface area contributed by atoms with Crippen LogP contribution in [-0.2, 0) is 25.5 Å². The Labute approximate surface area is 145 Å². The first-order valence-corrected chi connectivity index (χ1v) is 7.95. The van der Waals surface area contributed by atoms with E-state index >= 15 is 0 Å². The van der Waals surface area contributed by atoms with Crippen LogP contribution in [0.3, 0.4) is 0 Å². The van der Waals surface area contributed by atoms with Gasteiger partial charge in [-0.05, 0) is 31.5 Å². The second-order valence-electron chi connectivity index (χ2n) is 5.20. The highest BCUT2D eigenvalue weighted by molar-refractivity contribution is 6.45. The lowest BCUT2D eigenvalue weighted by Gasteiger charge is -2.27. The number of nitrogens with one attached hydrogen (secondary N) is 1. The molecular weight excluding hydrogens is 332 g/mol. The number of carbonyl (C=O) groups excluding carboxylic acids is 2. The zero-order valence-electron chi connectivity index (χ0n) is 13.6. The molecule has 1 unspecified atom stereocenters. The van der Waals surface area contributed by atoms with Crippen LogP contribution in [-0.4, -0.2) is 36.4 Å². The molecule has 0 bridgehead atoms. The van der Waals surface area contributed by atoms with Crippen LogP contribution in [0.1, 0.15) is 19.4 Å². The van der Waals surface area contributed by atoms with E-state index in [1.54, 1.807) is 38.1 Å². The molecule has 0 aliphatic carbocycles. The molecule has 128 valence electrons. The number of rotatable bonds is 6. The van der Waals surface area contributed by atoms with Crippen LogP contribution in [0, 0.1) is 0 Å². The molecule has 1 aliphatic rings. The molecule has 0 aromatic heterocycles. The van der Waals surface area contributed by atoms with Gasteiger partial charge in [0.25, 0.3) is 0 Å². The maximum absolute atomic E-state index is 12.6. The molecule has 6 nitrogen and oxygen atoms in total. The van der Waals surface area contributed by atoms with Crippen molar-refractivity contribution in [2.45, 2.75) is 25.8 Å². The van der Waals surface area contributed by atoms with E-state index in [0.717, 1.165) is 5.56 Å². The van der Waals surface area contributed by atoms with Gasteiger partial charge < -0.3 is 9.47 Å². The highest BCUT2D eigenvalue weighted by atomic mass is 35.5. The van der Waals surface area contributed by atoms with Crippen LogP contribution in [0.25, 0.3) is 0 Å². The van der Waals surface area contributed by atoms with E-state index in [0.29, 0.717) is 5.02 Å². The molecule has 0 radical (unpaired) electrons. The van der Waals surface area contributed by atoms with E-state index in [-0.39, 0.29) is 30.9 Å². The largest absolute Gasteiger partial charge is 0.464 e. The number of nitrogens with zero attached hydrogens (tertiary/aromatic N) is 1. The quantitative estimate of drug-likeness (QED) is 0.796. The monoisotopic (exact) mass is 350 g/mol. The maximum Gasteiger partial charge on any atom is 0.359 e. The summed E-state index contributed by atoms with van der Waals surface area (Å²) < 4.78 is 10.1. The molecule has 0 saturated heterocycles. The highest BCUT2D eigenvalue weighted by Crippen LogP contribution is 2.29. The van der Waals surface area contributed by atoms with Gasteiger partial charge in [0.15, 0.2) is 11.3 Å². The lowest BCUT2D eigenvalue weighted by Crippen LogP contribution is -2.52. The molecule has 0 saturated carbocycles. The van der Waals surface area contributed by atoms with Gasteiger partial charge in [0.1, 0.15) is 0 Å². The number of halogens is 1. The van der Waals surface area contributed by atoms with Crippen LogP contribution in [0.5, 0.6) is 0 Å². The molecule has 1 aromatic rings. The summed E-state index contributed by atoms with van der Waals surface area (Å²) in [7, 11) is 0. The van der Waals surface area contributed by atoms with Gasteiger partial charge in [0.2, 0.25) is 0 Å². The minimum atomic E-state index is -1.34. The van der Waals surface area contributed by atoms with Crippen molar-refractivity contribution in [1.29, 1.82) is 0 Å². The van der Waals surface area contributed by atoms with Crippen molar-refractivity contribution in [3.05, 3.63) is 47.0 Å². The Balaban J connectivity index is 2.33. The van der Waals surface area contributed by atoms with Crippen molar-refractivity contribution in [3.63, 3.8) is 0 Å². The standard InChI is InChI=1S/C17H19ClN2O4/c1-4-23-15(21)14-11(3)17(20-19-14,16(22)24-5-2)10-12-6-8-13(18)9-7-12/h6-9,20H,3-5,10H2,1-2H3. The summed E-state index contributed by atoms with van der Waals surface area (Å²) in [5.74, 6) is -1.18. The fraction of sp³-hybridized carbons (Fsp3) is 0.353. The SMILES string of the molecule is C=C1C(C(=O)OCC)=NNC1(Cc1ccc(Cl)cc1)C(=O)OCC. The van der Waals surface area contributed by atoms with Crippen molar-refractivity contribution in [3.8, 4) is 0 Å². The Morgan fingerprint density at radius 2 is 1.83 bits per heavy atom. The van der Waals surface area contributed by atoms with E-state index in [2.05, 4.69) is 17.1 Å². The molecule has 1 atom stereocenters. The minimum Gasteiger partial charge on any atom is -0.464 e. The van der Waals surface area contributed by atoms with Crippen LogP contribution >= 0.6 is 11.6 Å². The Morgan fingerprint density at radius 1 is 1.21 bits per heavy atom. The van der Waals surface area contributed by atoms with E-state index in [1.807, 2.05) is 0 Å². The molecule has 1 aliphatic heterocycles. The van der Waals surface area contributed by atoms with Crippen LogP contribution in [0.2, 0.25) is 5.02 Å². The number of carbonyl (C=O) groups is 2. The smallest absolute Gasteiger partial charge is 0.359 e. The summed E-state index contributed by atoms with van der Waals surface area (Å²) in [5, 5.41) is 4.56. The van der Waals surface area contributed by atoms with Crippen molar-refractivity contribution in [1.82, 2.24) is 5.43 Å². The van der Waals surface area contributed by atoms with Crippen LogP contribution in [0.15, 0.2) is 41.5 Å². The number of esters is 2. The van der Waals surface area contributed by atoms with E-state index < -0.39 is 17.5 Å². The van der Waals surface area contributed by atoms with Gasteiger partial charge in [-0.1, -0.05) is 30.3 Å². The average molecular weight is 351 g/mol. The molecule has 1 heterocycles. The second-order valence-corrected chi connectivity index (χ2v) is 5.64. The summed E-state index contributed by atoms with van der Waals surface area (Å²) >= 11 is 5.89. The fourth-order valence-corrected chi connectivity index (χ4v) is 2.53. The summed E-state index contributed by atoms with van der Waals surface area (Å²) in [6.07, 6.45) is 0.217. The summed E-state index contributed by atoms with van der Waals surface area (Å²) in [4.78, 5) is 24.6. The van der Waals surface area contributed by atoms with Gasteiger partial charge in [-0.3, -0.25) is 5.43 Å². The number of hydrogen-bond donors (Lipinski definition) is 1. The first kappa shape index (κ1) is 18.0. The topological polar surface area (TPSA) is 77.0 Å². The predicted octanol–water partition coefficient (Wildman–Crippen LogP) is 2.26. The zero-order valence-corrected chi connectivity index (χ0v) is 14.4. The van der Waals surface area contributed by atoms with Crippen molar-refractivity contribution < 1.29 is 19.1 Å². The van der Waals surface area contributed by atoms with Gasteiger partial charge in [-0.2, -0.15) is 5.10 Å². The molecule has 1 aromatic carbocycles. The average Bonchev–Trinajstić information content (AvgIpc) is 2.88. The van der Waals surface area contributed by atoms with E-state index in [4.69, 9.17) is 21.1 Å². The number of benzene rings is 1. The lowest BCUT2D eigenvalue weighted by molar-refractivity contribution is -0.149. The Kier molecular flexibility index (Phi) is 5.62.